The zero-order chi connectivity index (χ0) is 21.1. The van der Waals surface area contributed by atoms with E-state index in [-0.39, 0.29) is 42.4 Å². The minimum Gasteiger partial charge on any atom is -0.484 e. The van der Waals surface area contributed by atoms with Crippen molar-refractivity contribution in [2.75, 3.05) is 18.6 Å². The fourth-order valence-corrected chi connectivity index (χ4v) is 3.80. The molecule has 0 saturated heterocycles. The summed E-state index contributed by atoms with van der Waals surface area (Å²) in [5.41, 5.74) is 2.55. The maximum absolute atomic E-state index is 13.1. The van der Waals surface area contributed by atoms with Crippen LogP contribution < -0.4 is 15.0 Å². The van der Waals surface area contributed by atoms with Crippen LogP contribution in [0.15, 0.2) is 36.5 Å². The number of benzene rings is 1. The van der Waals surface area contributed by atoms with Crippen LogP contribution in [-0.2, 0) is 11.2 Å². The van der Waals surface area contributed by atoms with Crippen LogP contribution in [0.5, 0.6) is 5.75 Å². The molecule has 1 aromatic heterocycles. The van der Waals surface area contributed by atoms with Crippen LogP contribution >= 0.6 is 0 Å². The van der Waals surface area contributed by atoms with Gasteiger partial charge in [-0.15, -0.1) is 0 Å². The molecule has 3 atom stereocenters. The second-order valence-electron chi connectivity index (χ2n) is 7.84. The molecule has 1 aromatic carbocycles. The Kier molecular flexibility index (Phi) is 6.37. The Labute approximate surface area is 170 Å². The lowest BCUT2D eigenvalue weighted by Gasteiger charge is -2.37. The third kappa shape index (κ3) is 4.67. The van der Waals surface area contributed by atoms with Gasteiger partial charge in [0, 0.05) is 18.8 Å². The molecule has 0 radical (unpaired) electrons. The summed E-state index contributed by atoms with van der Waals surface area (Å²) >= 11 is 0. The van der Waals surface area contributed by atoms with Crippen LogP contribution in [0.4, 0.5) is 10.1 Å². The molecule has 1 aliphatic rings. The fraction of sp³-hybridized carbons (Fsp3) is 0.455. The lowest BCUT2D eigenvalue weighted by Crippen LogP contribution is -2.54. The number of pyridine rings is 1. The highest BCUT2D eigenvalue weighted by Gasteiger charge is 2.32. The van der Waals surface area contributed by atoms with Crippen molar-refractivity contribution in [1.29, 1.82) is 0 Å². The van der Waals surface area contributed by atoms with Gasteiger partial charge in [0.1, 0.15) is 23.7 Å². The highest BCUT2D eigenvalue weighted by atomic mass is 19.1. The van der Waals surface area contributed by atoms with E-state index in [9.17, 15) is 14.3 Å². The van der Waals surface area contributed by atoms with Crippen molar-refractivity contribution in [3.05, 3.63) is 53.6 Å². The molecular weight excluding hydrogens is 373 g/mol. The predicted molar refractivity (Wildman–Crippen MR) is 109 cm³/mol. The molecule has 0 spiro atoms. The molecule has 156 valence electrons. The van der Waals surface area contributed by atoms with Crippen molar-refractivity contribution in [1.82, 2.24) is 10.3 Å². The second-order valence-corrected chi connectivity index (χ2v) is 7.84. The number of likely N-dealkylation sites (N-methyl/N-ethyl adjacent to an activating group) is 1. The van der Waals surface area contributed by atoms with Crippen molar-refractivity contribution >= 4 is 11.6 Å². The van der Waals surface area contributed by atoms with E-state index in [0.717, 1.165) is 11.3 Å². The number of anilines is 1. The van der Waals surface area contributed by atoms with Crippen LogP contribution in [0.3, 0.4) is 0 Å². The zero-order valence-electron chi connectivity index (χ0n) is 17.2. The summed E-state index contributed by atoms with van der Waals surface area (Å²) in [6.45, 7) is 5.73. The number of halogens is 1. The number of carbonyl (C=O) groups is 1. The highest BCUT2D eigenvalue weighted by molar-refractivity contribution is 5.86. The van der Waals surface area contributed by atoms with Gasteiger partial charge < -0.3 is 20.1 Å². The minimum absolute atomic E-state index is 0.0807. The minimum atomic E-state index is -0.389. The number of nitrogens with zero attached hydrogens (tertiary/aromatic N) is 2. The number of hydrogen-bond acceptors (Lipinski definition) is 5. The molecule has 2 aromatic rings. The van der Waals surface area contributed by atoms with Gasteiger partial charge in [-0.1, -0.05) is 19.9 Å². The largest absolute Gasteiger partial charge is 0.484 e. The molecule has 0 fully saturated rings. The van der Waals surface area contributed by atoms with E-state index in [2.05, 4.69) is 10.3 Å². The van der Waals surface area contributed by atoms with Gasteiger partial charge >= 0.3 is 0 Å². The Morgan fingerprint density at radius 3 is 2.69 bits per heavy atom. The van der Waals surface area contributed by atoms with Gasteiger partial charge in [0.25, 0.3) is 0 Å². The first-order valence-corrected chi connectivity index (χ1v) is 9.85. The monoisotopic (exact) mass is 401 g/mol. The number of amides is 1. The fourth-order valence-electron chi connectivity index (χ4n) is 3.80. The number of ether oxygens (including phenoxy) is 1. The third-order valence-electron chi connectivity index (χ3n) is 5.27. The van der Waals surface area contributed by atoms with Gasteiger partial charge in [-0.2, -0.15) is 0 Å². The molecule has 29 heavy (non-hydrogen) atoms. The SMILES string of the molecule is CC(Oc1ccc2c(c1)N(C)[C@H](C(C)C)C(=O)N[C@@H](CO)C2)c1ccc(F)cn1. The third-order valence-corrected chi connectivity index (χ3v) is 5.27. The molecule has 2 N–H and O–H groups in total. The molecule has 7 heteroatoms. The Bertz CT molecular complexity index is 857. The summed E-state index contributed by atoms with van der Waals surface area (Å²) in [6, 6.07) is 8.01. The molecular formula is C22H28FN3O3. The van der Waals surface area contributed by atoms with E-state index in [0.29, 0.717) is 17.9 Å². The lowest BCUT2D eigenvalue weighted by molar-refractivity contribution is -0.124. The number of hydrogen-bond donors (Lipinski definition) is 2. The summed E-state index contributed by atoms with van der Waals surface area (Å²) in [5.74, 6) is 0.234. The van der Waals surface area contributed by atoms with Gasteiger partial charge in [0.15, 0.2) is 0 Å². The van der Waals surface area contributed by atoms with Gasteiger partial charge in [-0.25, -0.2) is 4.39 Å². The molecule has 0 saturated carbocycles. The lowest BCUT2D eigenvalue weighted by atomic mass is 9.95. The average Bonchev–Trinajstić information content (AvgIpc) is 2.67. The Morgan fingerprint density at radius 1 is 1.31 bits per heavy atom. The average molecular weight is 401 g/mol. The molecule has 1 amide bonds. The molecule has 0 aliphatic carbocycles. The van der Waals surface area contributed by atoms with Gasteiger partial charge in [0.2, 0.25) is 5.91 Å². The number of nitrogens with one attached hydrogen (secondary N) is 1. The van der Waals surface area contributed by atoms with E-state index in [1.165, 1.54) is 12.3 Å². The summed E-state index contributed by atoms with van der Waals surface area (Å²) in [4.78, 5) is 18.8. The van der Waals surface area contributed by atoms with Crippen molar-refractivity contribution in [2.45, 2.75) is 45.4 Å². The Morgan fingerprint density at radius 2 is 2.07 bits per heavy atom. The smallest absolute Gasteiger partial charge is 0.243 e. The van der Waals surface area contributed by atoms with Crippen LogP contribution in [0.1, 0.15) is 38.1 Å². The first-order chi connectivity index (χ1) is 13.8. The van der Waals surface area contributed by atoms with Crippen LogP contribution in [-0.4, -0.2) is 41.7 Å². The maximum atomic E-state index is 13.1. The van der Waals surface area contributed by atoms with E-state index < -0.39 is 0 Å². The van der Waals surface area contributed by atoms with E-state index in [4.69, 9.17) is 4.74 Å². The van der Waals surface area contributed by atoms with Crippen LogP contribution in [0.25, 0.3) is 0 Å². The molecule has 1 aliphatic heterocycles. The van der Waals surface area contributed by atoms with Gasteiger partial charge in [-0.05, 0) is 43.0 Å². The van der Waals surface area contributed by atoms with Crippen LogP contribution in [0, 0.1) is 11.7 Å². The quantitative estimate of drug-likeness (QED) is 0.806. The molecule has 2 heterocycles. The predicted octanol–water partition coefficient (Wildman–Crippen LogP) is 2.85. The molecule has 3 rings (SSSR count). The molecule has 6 nitrogen and oxygen atoms in total. The zero-order valence-corrected chi connectivity index (χ0v) is 17.2. The number of rotatable bonds is 5. The summed E-state index contributed by atoms with van der Waals surface area (Å²) < 4.78 is 19.2. The summed E-state index contributed by atoms with van der Waals surface area (Å²) in [7, 11) is 1.90. The van der Waals surface area contributed by atoms with E-state index in [1.807, 2.05) is 50.9 Å². The van der Waals surface area contributed by atoms with Crippen molar-refractivity contribution in [3.8, 4) is 5.75 Å². The summed E-state index contributed by atoms with van der Waals surface area (Å²) in [6.07, 6.45) is 1.34. The van der Waals surface area contributed by atoms with E-state index >= 15 is 0 Å². The van der Waals surface area contributed by atoms with E-state index in [1.54, 1.807) is 6.07 Å². The first kappa shape index (κ1) is 21.0. The number of carbonyl (C=O) groups excluding carboxylic acids is 1. The van der Waals surface area contributed by atoms with Gasteiger partial charge in [0.05, 0.1) is 24.5 Å². The molecule has 1 unspecified atom stereocenters. The standard InChI is InChI=1S/C22H28FN3O3/c1-13(2)21-22(28)25-17(12-27)9-15-5-7-18(10-20(15)26(21)4)29-14(3)19-8-6-16(23)11-24-19/h5-8,10-11,13-14,17,21,27H,9,12H2,1-4H3,(H,25,28)/t14?,17-,21-/m1/s1. The first-order valence-electron chi connectivity index (χ1n) is 9.85. The topological polar surface area (TPSA) is 74.7 Å². The van der Waals surface area contributed by atoms with Crippen molar-refractivity contribution < 1.29 is 19.0 Å². The number of fused-ring (bicyclic) bond motifs is 1. The Hall–Kier alpha value is -2.67. The highest BCUT2D eigenvalue weighted by Crippen LogP contribution is 2.32. The number of aliphatic hydroxyl groups is 1. The second kappa shape index (κ2) is 8.78. The number of aromatic nitrogens is 1. The van der Waals surface area contributed by atoms with Crippen molar-refractivity contribution in [3.63, 3.8) is 0 Å². The van der Waals surface area contributed by atoms with Gasteiger partial charge in [-0.3, -0.25) is 9.78 Å². The summed E-state index contributed by atoms with van der Waals surface area (Å²) in [5, 5.41) is 12.6. The maximum Gasteiger partial charge on any atom is 0.243 e. The normalized spacial score (nSPS) is 20.5. The molecule has 0 bridgehead atoms. The van der Waals surface area contributed by atoms with Crippen LogP contribution in [0.2, 0.25) is 0 Å². The van der Waals surface area contributed by atoms with Crippen molar-refractivity contribution in [2.24, 2.45) is 5.92 Å². The number of aliphatic hydroxyl groups excluding tert-OH is 1. The Balaban J connectivity index is 1.92.